The van der Waals surface area contributed by atoms with Gasteiger partial charge in [-0.3, -0.25) is 0 Å². The van der Waals surface area contributed by atoms with Gasteiger partial charge in [-0.15, -0.1) is 0 Å². The van der Waals surface area contributed by atoms with Crippen LogP contribution in [0, 0.1) is 0 Å². The van der Waals surface area contributed by atoms with E-state index < -0.39 is 0 Å². The van der Waals surface area contributed by atoms with Gasteiger partial charge in [-0.05, 0) is 175 Å². The molecule has 0 unspecified atom stereocenters. The molecule has 382 valence electrons. The molecule has 2 heteroatoms. The van der Waals surface area contributed by atoms with Crippen LogP contribution >= 0.6 is 0 Å². The summed E-state index contributed by atoms with van der Waals surface area (Å²) >= 11 is 0. The van der Waals surface area contributed by atoms with Crippen LogP contribution in [0.2, 0.25) is 0 Å². The van der Waals surface area contributed by atoms with Crippen molar-refractivity contribution in [2.45, 2.75) is 62.2 Å². The second-order valence-corrected chi connectivity index (χ2v) is 23.0. The molecule has 12 aromatic carbocycles. The second kappa shape index (κ2) is 18.7. The summed E-state index contributed by atoms with van der Waals surface area (Å²) in [5.41, 5.74) is 25.9. The van der Waals surface area contributed by atoms with Crippen LogP contribution in [0.5, 0.6) is 0 Å². The summed E-state index contributed by atoms with van der Waals surface area (Å²) in [6.45, 7) is 0. The van der Waals surface area contributed by atoms with Gasteiger partial charge in [-0.2, -0.15) is 0 Å². The predicted molar refractivity (Wildman–Crippen MR) is 336 cm³/mol. The van der Waals surface area contributed by atoms with Crippen molar-refractivity contribution in [2.75, 3.05) is 9.80 Å². The van der Waals surface area contributed by atoms with Crippen LogP contribution in [0.4, 0.5) is 34.1 Å². The number of hydrogen-bond donors (Lipinski definition) is 0. The van der Waals surface area contributed by atoms with E-state index in [0.717, 1.165) is 22.7 Å². The maximum Gasteiger partial charge on any atom is 0.0543 e. The Morgan fingerprint density at radius 2 is 0.575 bits per heavy atom. The van der Waals surface area contributed by atoms with Gasteiger partial charge in [0, 0.05) is 44.4 Å². The van der Waals surface area contributed by atoms with Crippen LogP contribution in [0.1, 0.15) is 73.6 Å². The molecule has 4 aliphatic carbocycles. The van der Waals surface area contributed by atoms with Crippen molar-refractivity contribution in [3.05, 3.63) is 289 Å². The summed E-state index contributed by atoms with van der Waals surface area (Å²) in [5.74, 6) is 0. The number of nitrogens with zero attached hydrogens (tertiary/aromatic N) is 2. The topological polar surface area (TPSA) is 6.48 Å². The number of fused-ring (bicyclic) bond motifs is 14. The van der Waals surface area contributed by atoms with Gasteiger partial charge >= 0.3 is 0 Å². The lowest BCUT2D eigenvalue weighted by Gasteiger charge is -2.31. The molecule has 2 fully saturated rings. The third kappa shape index (κ3) is 7.24. The van der Waals surface area contributed by atoms with Crippen molar-refractivity contribution in [3.63, 3.8) is 0 Å². The molecule has 2 saturated carbocycles. The molecule has 2 spiro atoms. The highest BCUT2D eigenvalue weighted by Crippen LogP contribution is 2.62. The second-order valence-electron chi connectivity index (χ2n) is 23.0. The van der Waals surface area contributed by atoms with E-state index in [1.54, 1.807) is 0 Å². The highest BCUT2D eigenvalue weighted by atomic mass is 15.2. The van der Waals surface area contributed by atoms with E-state index in [2.05, 4.69) is 277 Å². The number of hydrogen-bond acceptors (Lipinski definition) is 2. The maximum absolute atomic E-state index is 2.59. The van der Waals surface area contributed by atoms with Gasteiger partial charge in [0.15, 0.2) is 0 Å². The maximum atomic E-state index is 2.59. The Labute approximate surface area is 469 Å². The van der Waals surface area contributed by atoms with Gasteiger partial charge in [-0.1, -0.05) is 232 Å². The first-order valence-electron chi connectivity index (χ1n) is 29.1. The molecule has 80 heavy (non-hydrogen) atoms. The van der Waals surface area contributed by atoms with Crippen molar-refractivity contribution in [1.82, 2.24) is 0 Å². The van der Waals surface area contributed by atoms with Gasteiger partial charge < -0.3 is 9.80 Å². The molecule has 0 amide bonds. The first kappa shape index (κ1) is 46.8. The zero-order valence-corrected chi connectivity index (χ0v) is 45.0. The average Bonchev–Trinajstić information content (AvgIpc) is 4.41. The minimum atomic E-state index is 0.0240. The fourth-order valence-corrected chi connectivity index (χ4v) is 15.3. The fourth-order valence-electron chi connectivity index (χ4n) is 15.3. The molecular formula is C78H60N2. The normalized spacial score (nSPS) is 15.1. The van der Waals surface area contributed by atoms with Crippen molar-refractivity contribution in [1.29, 1.82) is 0 Å². The smallest absolute Gasteiger partial charge is 0.0543 e. The highest BCUT2D eigenvalue weighted by molar-refractivity contribution is 6.12. The van der Waals surface area contributed by atoms with Crippen LogP contribution in [0.15, 0.2) is 267 Å². The lowest BCUT2D eigenvalue weighted by atomic mass is 9.76. The monoisotopic (exact) mass is 1020 g/mol. The molecule has 16 rings (SSSR count). The molecule has 12 aromatic rings. The van der Waals surface area contributed by atoms with Crippen LogP contribution in [0.3, 0.4) is 0 Å². The Bertz CT molecular complexity index is 4070. The molecule has 2 nitrogen and oxygen atoms in total. The van der Waals surface area contributed by atoms with E-state index in [1.165, 1.54) is 162 Å². The van der Waals surface area contributed by atoms with Gasteiger partial charge in [0.25, 0.3) is 0 Å². The van der Waals surface area contributed by atoms with Gasteiger partial charge in [0.1, 0.15) is 0 Å². The molecule has 0 aromatic heterocycles. The molecule has 0 aliphatic heterocycles. The first-order chi connectivity index (χ1) is 39.6. The Kier molecular flexibility index (Phi) is 11.0. The van der Waals surface area contributed by atoms with E-state index in [-0.39, 0.29) is 10.8 Å². The van der Waals surface area contributed by atoms with E-state index in [1.807, 2.05) is 0 Å². The van der Waals surface area contributed by atoms with E-state index in [9.17, 15) is 0 Å². The quantitative estimate of drug-likeness (QED) is 0.142. The zero-order valence-electron chi connectivity index (χ0n) is 45.0. The summed E-state index contributed by atoms with van der Waals surface area (Å²) in [5, 5.41) is 5.18. The van der Waals surface area contributed by atoms with E-state index >= 15 is 0 Å². The minimum absolute atomic E-state index is 0.0240. The molecule has 0 atom stereocenters. The standard InChI is InChI=1S/C78H60N2/c1-3-21-53(22-4-1)57-25-19-27-61(49-57)79(73-51-71-75(65-31-9-7-29-63(65)73)67-33-11-13-35-69(67)77(71)45-15-16-46-77)59-41-37-55(38-42-59)56-39-43-60(44-40-56)80(62-28-20-26-58(50-62)54-23-5-2-6-24-54)74-52-72-76(66-32-10-8-30-64(66)74)68-34-12-14-36-70(68)78(72)47-17-18-48-78/h1-14,19-44,49-52H,15-18,45-48H2. The van der Waals surface area contributed by atoms with E-state index in [4.69, 9.17) is 0 Å². The SMILES string of the molecule is c1ccc(-c2cccc(N(c3ccc(-c4ccc(N(c5cccc(-c6ccccc6)c5)c5cc6c(c7ccccc57)-c5ccccc5C65CCCC5)cc4)cc3)c3cc4c(c5ccccc35)-c3ccccc3C43CCCC3)c2)cc1. The zero-order chi connectivity index (χ0) is 52.8. The third-order valence-electron chi connectivity index (χ3n) is 18.9. The highest BCUT2D eigenvalue weighted by Gasteiger charge is 2.47. The van der Waals surface area contributed by atoms with Crippen molar-refractivity contribution >= 4 is 55.7 Å². The molecule has 0 N–H and O–H groups in total. The van der Waals surface area contributed by atoms with E-state index in [0.29, 0.717) is 0 Å². The lowest BCUT2D eigenvalue weighted by Crippen LogP contribution is -2.21. The molecule has 0 radical (unpaired) electrons. The Balaban J connectivity index is 0.830. The van der Waals surface area contributed by atoms with Gasteiger partial charge in [-0.25, -0.2) is 0 Å². The summed E-state index contributed by atoms with van der Waals surface area (Å²) in [7, 11) is 0. The Hall–Kier alpha value is -9.24. The largest absolute Gasteiger partial charge is 0.310 e. The first-order valence-corrected chi connectivity index (χ1v) is 29.1. The predicted octanol–water partition coefficient (Wildman–Crippen LogP) is 21.6. The molecule has 0 bridgehead atoms. The molecular weight excluding hydrogens is 965 g/mol. The number of benzene rings is 12. The Morgan fingerprint density at radius 3 is 0.988 bits per heavy atom. The summed E-state index contributed by atoms with van der Waals surface area (Å²) in [4.78, 5) is 5.06. The lowest BCUT2D eigenvalue weighted by molar-refractivity contribution is 0.550. The molecule has 0 heterocycles. The fraction of sp³-hybridized carbons (Fsp3) is 0.128. The van der Waals surface area contributed by atoms with Crippen LogP contribution in [-0.2, 0) is 10.8 Å². The number of anilines is 6. The van der Waals surface area contributed by atoms with Gasteiger partial charge in [0.2, 0.25) is 0 Å². The minimum Gasteiger partial charge on any atom is -0.310 e. The van der Waals surface area contributed by atoms with Crippen molar-refractivity contribution in [3.8, 4) is 55.6 Å². The van der Waals surface area contributed by atoms with Crippen LogP contribution in [-0.4, -0.2) is 0 Å². The average molecular weight is 1030 g/mol. The molecule has 0 saturated heterocycles. The van der Waals surface area contributed by atoms with Crippen LogP contribution < -0.4 is 9.80 Å². The summed E-state index contributed by atoms with van der Waals surface area (Å²) < 4.78 is 0. The van der Waals surface area contributed by atoms with Crippen molar-refractivity contribution < 1.29 is 0 Å². The van der Waals surface area contributed by atoms with Crippen LogP contribution in [0.25, 0.3) is 77.2 Å². The third-order valence-corrected chi connectivity index (χ3v) is 18.9. The van der Waals surface area contributed by atoms with Gasteiger partial charge in [0.05, 0.1) is 11.4 Å². The molecule has 4 aliphatic rings. The summed E-state index contributed by atoms with van der Waals surface area (Å²) in [6, 6.07) is 101. The van der Waals surface area contributed by atoms with Crippen molar-refractivity contribution in [2.24, 2.45) is 0 Å². The Morgan fingerprint density at radius 1 is 0.237 bits per heavy atom. The number of rotatable bonds is 9. The summed E-state index contributed by atoms with van der Waals surface area (Å²) in [6.07, 6.45) is 9.74.